The van der Waals surface area contributed by atoms with Crippen molar-refractivity contribution in [2.45, 2.75) is 33.2 Å². The second-order valence-corrected chi connectivity index (χ2v) is 7.01. The molecule has 0 amide bonds. The molecule has 0 saturated carbocycles. The van der Waals surface area contributed by atoms with Gasteiger partial charge in [-0.05, 0) is 37.1 Å². The maximum atomic E-state index is 13.0. The third kappa shape index (κ3) is 4.00. The Morgan fingerprint density at radius 1 is 1.17 bits per heavy atom. The van der Waals surface area contributed by atoms with E-state index in [2.05, 4.69) is 35.1 Å². The van der Waals surface area contributed by atoms with Crippen LogP contribution in [-0.2, 0) is 13.0 Å². The molecule has 1 N–H and O–H groups in total. The molecule has 0 unspecified atom stereocenters. The van der Waals surface area contributed by atoms with Crippen LogP contribution >= 0.6 is 0 Å². The molecule has 7 nitrogen and oxygen atoms in total. The highest BCUT2D eigenvalue weighted by Gasteiger charge is 2.19. The predicted molar refractivity (Wildman–Crippen MR) is 110 cm³/mol. The van der Waals surface area contributed by atoms with E-state index in [0.29, 0.717) is 24.1 Å². The average molecular weight is 392 g/mol. The lowest BCUT2D eigenvalue weighted by atomic mass is 10.0. The van der Waals surface area contributed by atoms with E-state index in [4.69, 9.17) is 8.83 Å². The van der Waals surface area contributed by atoms with E-state index in [1.807, 2.05) is 23.2 Å². The molecule has 0 fully saturated rings. The quantitative estimate of drug-likeness (QED) is 0.423. The molecule has 3 aromatic heterocycles. The standard InChI is InChI=1S/C22H24N4O3/c1-3-10-26(14-20-24-25-22(29-20)19-9-6-11-28-19)13-18(27)17-12-23-21-15(4-2)7-5-8-16(17)21/h5-9,11-12,23H,3-4,10,13-14H2,1-2H3. The third-order valence-electron chi connectivity index (χ3n) is 4.95. The van der Waals surface area contributed by atoms with Gasteiger partial charge < -0.3 is 13.8 Å². The Morgan fingerprint density at radius 3 is 2.83 bits per heavy atom. The number of aromatic amines is 1. The predicted octanol–water partition coefficient (Wildman–Crippen LogP) is 4.47. The van der Waals surface area contributed by atoms with Crippen molar-refractivity contribution < 1.29 is 13.6 Å². The number of H-pyrrole nitrogens is 1. The molecule has 0 saturated heterocycles. The number of nitrogens with zero attached hydrogens (tertiary/aromatic N) is 3. The summed E-state index contributed by atoms with van der Waals surface area (Å²) in [6.07, 6.45) is 5.22. The number of rotatable bonds is 9. The summed E-state index contributed by atoms with van der Waals surface area (Å²) in [7, 11) is 0. The molecule has 4 aromatic rings. The number of hydrogen-bond donors (Lipinski definition) is 1. The highest BCUT2D eigenvalue weighted by Crippen LogP contribution is 2.23. The van der Waals surface area contributed by atoms with Crippen molar-refractivity contribution >= 4 is 16.7 Å². The van der Waals surface area contributed by atoms with Crippen LogP contribution in [0.15, 0.2) is 51.6 Å². The Kier molecular flexibility index (Phi) is 5.57. The molecule has 150 valence electrons. The second kappa shape index (κ2) is 8.45. The van der Waals surface area contributed by atoms with Crippen molar-refractivity contribution in [2.75, 3.05) is 13.1 Å². The van der Waals surface area contributed by atoms with Crippen molar-refractivity contribution in [3.63, 3.8) is 0 Å². The number of nitrogens with one attached hydrogen (secondary N) is 1. The average Bonchev–Trinajstić information content (AvgIpc) is 3.47. The van der Waals surface area contributed by atoms with Crippen LogP contribution in [0, 0.1) is 0 Å². The molecule has 4 rings (SSSR count). The van der Waals surface area contributed by atoms with Crippen molar-refractivity contribution in [1.82, 2.24) is 20.1 Å². The molecule has 0 radical (unpaired) electrons. The molecular weight excluding hydrogens is 368 g/mol. The van der Waals surface area contributed by atoms with E-state index in [-0.39, 0.29) is 12.3 Å². The molecule has 0 atom stereocenters. The largest absolute Gasteiger partial charge is 0.459 e. The molecule has 0 aliphatic carbocycles. The zero-order chi connectivity index (χ0) is 20.2. The van der Waals surface area contributed by atoms with E-state index in [9.17, 15) is 4.79 Å². The number of carbonyl (C=O) groups excluding carboxylic acids is 1. The van der Waals surface area contributed by atoms with Crippen LogP contribution in [0.3, 0.4) is 0 Å². The van der Waals surface area contributed by atoms with Gasteiger partial charge in [0.05, 0.1) is 19.4 Å². The first-order valence-corrected chi connectivity index (χ1v) is 9.90. The summed E-state index contributed by atoms with van der Waals surface area (Å²) in [6.45, 7) is 5.65. The molecule has 29 heavy (non-hydrogen) atoms. The lowest BCUT2D eigenvalue weighted by Gasteiger charge is -2.18. The van der Waals surface area contributed by atoms with E-state index in [0.717, 1.165) is 35.9 Å². The summed E-state index contributed by atoms with van der Waals surface area (Å²) in [5.41, 5.74) is 2.97. The summed E-state index contributed by atoms with van der Waals surface area (Å²) in [4.78, 5) is 18.3. The van der Waals surface area contributed by atoms with Gasteiger partial charge in [-0.3, -0.25) is 9.69 Å². The van der Waals surface area contributed by atoms with Crippen LogP contribution < -0.4 is 0 Å². The highest BCUT2D eigenvalue weighted by atomic mass is 16.4. The topological polar surface area (TPSA) is 88.2 Å². The van der Waals surface area contributed by atoms with E-state index in [1.165, 1.54) is 5.56 Å². The first-order valence-electron chi connectivity index (χ1n) is 9.90. The Bertz CT molecular complexity index is 1090. The SMILES string of the molecule is CCCN(CC(=O)c1c[nH]c2c(CC)cccc12)Cc1nnc(-c2ccco2)o1. The number of hydrogen-bond acceptors (Lipinski definition) is 6. The molecule has 0 aliphatic rings. The Morgan fingerprint density at radius 2 is 2.07 bits per heavy atom. The first kappa shape index (κ1) is 19.1. The van der Waals surface area contributed by atoms with Gasteiger partial charge in [-0.25, -0.2) is 0 Å². The van der Waals surface area contributed by atoms with Crippen molar-refractivity contribution in [2.24, 2.45) is 0 Å². The summed E-state index contributed by atoms with van der Waals surface area (Å²) in [5.74, 6) is 1.41. The summed E-state index contributed by atoms with van der Waals surface area (Å²) in [5, 5.41) is 9.11. The van der Waals surface area contributed by atoms with Crippen LogP contribution in [0.2, 0.25) is 0 Å². The van der Waals surface area contributed by atoms with Gasteiger partial charge in [0.15, 0.2) is 11.5 Å². The number of carbonyl (C=O) groups is 1. The molecular formula is C22H24N4O3. The fourth-order valence-electron chi connectivity index (χ4n) is 3.57. The smallest absolute Gasteiger partial charge is 0.283 e. The minimum Gasteiger partial charge on any atom is -0.459 e. The van der Waals surface area contributed by atoms with Gasteiger partial charge in [0.1, 0.15) is 0 Å². The normalized spacial score (nSPS) is 11.6. The summed E-state index contributed by atoms with van der Waals surface area (Å²) < 4.78 is 11.0. The van der Waals surface area contributed by atoms with Crippen LogP contribution in [0.5, 0.6) is 0 Å². The van der Waals surface area contributed by atoms with Gasteiger partial charge in [-0.15, -0.1) is 10.2 Å². The zero-order valence-electron chi connectivity index (χ0n) is 16.6. The van der Waals surface area contributed by atoms with Crippen molar-refractivity contribution in [1.29, 1.82) is 0 Å². The number of aromatic nitrogens is 3. The van der Waals surface area contributed by atoms with Crippen LogP contribution in [-0.4, -0.2) is 39.0 Å². The lowest BCUT2D eigenvalue weighted by molar-refractivity contribution is 0.0921. The van der Waals surface area contributed by atoms with Crippen LogP contribution in [0.4, 0.5) is 0 Å². The summed E-state index contributed by atoms with van der Waals surface area (Å²) >= 11 is 0. The molecule has 0 bridgehead atoms. The number of furan rings is 1. The lowest BCUT2D eigenvalue weighted by Crippen LogP contribution is -2.30. The van der Waals surface area contributed by atoms with Gasteiger partial charge in [-0.2, -0.15) is 0 Å². The minimum atomic E-state index is 0.0729. The van der Waals surface area contributed by atoms with Crippen LogP contribution in [0.25, 0.3) is 22.6 Å². The first-order chi connectivity index (χ1) is 14.2. The summed E-state index contributed by atoms with van der Waals surface area (Å²) in [6, 6.07) is 9.63. The Hall–Kier alpha value is -3.19. The fourth-order valence-corrected chi connectivity index (χ4v) is 3.57. The van der Waals surface area contributed by atoms with Crippen LogP contribution in [0.1, 0.15) is 42.1 Å². The minimum absolute atomic E-state index is 0.0729. The Balaban J connectivity index is 1.50. The molecule has 7 heteroatoms. The molecule has 0 spiro atoms. The molecule has 0 aliphatic heterocycles. The molecule has 1 aromatic carbocycles. The number of aryl methyl sites for hydroxylation is 1. The van der Waals surface area contributed by atoms with Crippen molar-refractivity contribution in [3.8, 4) is 11.7 Å². The number of ketones is 1. The Labute approximate surface area is 168 Å². The fraction of sp³-hybridized carbons (Fsp3) is 0.318. The highest BCUT2D eigenvalue weighted by molar-refractivity contribution is 6.09. The zero-order valence-corrected chi connectivity index (χ0v) is 16.6. The second-order valence-electron chi connectivity index (χ2n) is 7.01. The molecule has 3 heterocycles. The van der Waals surface area contributed by atoms with Gasteiger partial charge in [0.2, 0.25) is 5.89 Å². The number of fused-ring (bicyclic) bond motifs is 1. The number of Topliss-reactive ketones (excluding diaryl/α,β-unsaturated/α-hetero) is 1. The van der Waals surface area contributed by atoms with E-state index in [1.54, 1.807) is 18.4 Å². The van der Waals surface area contributed by atoms with Gasteiger partial charge >= 0.3 is 0 Å². The number of para-hydroxylation sites is 1. The van der Waals surface area contributed by atoms with E-state index >= 15 is 0 Å². The van der Waals surface area contributed by atoms with Crippen molar-refractivity contribution in [3.05, 3.63) is 59.8 Å². The third-order valence-corrected chi connectivity index (χ3v) is 4.95. The van der Waals surface area contributed by atoms with Gasteiger partial charge in [-0.1, -0.05) is 32.0 Å². The van der Waals surface area contributed by atoms with E-state index < -0.39 is 0 Å². The maximum absolute atomic E-state index is 13.0. The number of benzene rings is 1. The monoisotopic (exact) mass is 392 g/mol. The maximum Gasteiger partial charge on any atom is 0.283 e. The van der Waals surface area contributed by atoms with Gasteiger partial charge in [0.25, 0.3) is 5.89 Å². The van der Waals surface area contributed by atoms with Gasteiger partial charge in [0, 0.05) is 22.7 Å².